The molecule has 0 saturated heterocycles. The van der Waals surface area contributed by atoms with Gasteiger partial charge >= 0.3 is 47.8 Å². The van der Waals surface area contributed by atoms with Crippen LogP contribution in [0.2, 0.25) is 0 Å². The number of carbonyl (C=O) groups is 8. The molecule has 2 rings (SSSR count). The van der Waals surface area contributed by atoms with Crippen LogP contribution >= 0.6 is 0 Å². The van der Waals surface area contributed by atoms with Crippen LogP contribution in [-0.2, 0) is 0 Å². The third-order valence-electron chi connectivity index (χ3n) is 4.19. The van der Waals surface area contributed by atoms with Crippen molar-refractivity contribution < 1.29 is 79.2 Å². The van der Waals surface area contributed by atoms with Crippen molar-refractivity contribution in [2.75, 3.05) is 0 Å². The predicted octanol–water partition coefficient (Wildman–Crippen LogP) is 0.959. The molecule has 0 atom stereocenters. The van der Waals surface area contributed by atoms with E-state index in [9.17, 15) is 38.4 Å². The number of carboxylic acid groups (broad SMARTS) is 8. The molecule has 8 N–H and O–H groups in total. The van der Waals surface area contributed by atoms with Gasteiger partial charge in [-0.25, -0.2) is 38.4 Å². The maximum Gasteiger partial charge on any atom is 0.337 e. The van der Waals surface area contributed by atoms with E-state index in [1.165, 1.54) is 0 Å². The van der Waals surface area contributed by atoms with E-state index >= 15 is 0 Å². The molecule has 2 aromatic carbocycles. The molecule has 0 saturated carbocycles. The minimum atomic E-state index is -1.83. The molecule has 0 heterocycles. The highest BCUT2D eigenvalue weighted by Gasteiger charge is 2.30. The second-order valence-corrected chi connectivity index (χ2v) is 6.26. The first-order valence-electron chi connectivity index (χ1n) is 8.74. The van der Waals surface area contributed by atoms with Crippen molar-refractivity contribution >= 4 is 47.8 Å². The Balaban J connectivity index is 0.000000360. The quantitative estimate of drug-likeness (QED) is 0.246. The fourth-order valence-electron chi connectivity index (χ4n) is 2.81. The zero-order valence-electron chi connectivity index (χ0n) is 17.2. The average molecular weight is 508 g/mol. The number of rotatable bonds is 8. The molecule has 0 aromatic heterocycles. The molecule has 0 aliphatic heterocycles. The molecule has 188 valence electrons. The molecule has 36 heavy (non-hydrogen) atoms. The minimum absolute atomic E-state index is 0.738. The van der Waals surface area contributed by atoms with Crippen LogP contribution in [0, 0.1) is 0 Å². The summed E-state index contributed by atoms with van der Waals surface area (Å²) in [6.45, 7) is 0. The Labute approximate surface area is 196 Å². The number of aromatic carboxylic acids is 8. The van der Waals surface area contributed by atoms with Crippen LogP contribution in [-0.4, -0.2) is 88.6 Å². The highest BCUT2D eigenvalue weighted by molar-refractivity contribution is 6.14. The maximum absolute atomic E-state index is 10.9. The largest absolute Gasteiger partial charge is 0.478 e. The molecule has 0 unspecified atom stereocenters. The zero-order valence-corrected chi connectivity index (χ0v) is 17.2. The van der Waals surface area contributed by atoms with E-state index in [4.69, 9.17) is 40.9 Å². The van der Waals surface area contributed by atoms with Gasteiger partial charge in [-0.3, -0.25) is 0 Å². The van der Waals surface area contributed by atoms with Gasteiger partial charge in [-0.1, -0.05) is 0 Å². The van der Waals surface area contributed by atoms with E-state index in [0.717, 1.165) is 24.3 Å². The van der Waals surface area contributed by atoms with E-state index in [0.29, 0.717) is 0 Å². The number of hydrogen-bond donors (Lipinski definition) is 8. The van der Waals surface area contributed by atoms with Gasteiger partial charge in [0, 0.05) is 0 Å². The zero-order chi connectivity index (χ0) is 28.1. The van der Waals surface area contributed by atoms with Crippen LogP contribution in [0.1, 0.15) is 82.9 Å². The lowest BCUT2D eigenvalue weighted by Gasteiger charge is -2.08. The number of carboxylic acids is 8. The van der Waals surface area contributed by atoms with E-state index in [-0.39, 0.29) is 0 Å². The van der Waals surface area contributed by atoms with Gasteiger partial charge in [-0.2, -0.15) is 0 Å². The van der Waals surface area contributed by atoms with E-state index < -0.39 is 92.3 Å². The highest BCUT2D eigenvalue weighted by Crippen LogP contribution is 2.22. The van der Waals surface area contributed by atoms with E-state index in [2.05, 4.69) is 0 Å². The summed E-state index contributed by atoms with van der Waals surface area (Å²) in [5.41, 5.74) is -7.39. The van der Waals surface area contributed by atoms with Gasteiger partial charge in [0.2, 0.25) is 0 Å². The summed E-state index contributed by atoms with van der Waals surface area (Å²) in [6.07, 6.45) is 0. The molecular formula is C20H12O16. The number of benzene rings is 2. The smallest absolute Gasteiger partial charge is 0.337 e. The average Bonchev–Trinajstić information content (AvgIpc) is 2.76. The predicted molar refractivity (Wildman–Crippen MR) is 109 cm³/mol. The normalized spacial score (nSPS) is 9.78. The molecule has 0 aliphatic carbocycles. The van der Waals surface area contributed by atoms with Gasteiger partial charge in [0.05, 0.1) is 44.5 Å². The van der Waals surface area contributed by atoms with Crippen molar-refractivity contribution in [1.29, 1.82) is 0 Å². The molecule has 0 amide bonds. The lowest BCUT2D eigenvalue weighted by Crippen LogP contribution is -2.19. The van der Waals surface area contributed by atoms with Gasteiger partial charge in [0.1, 0.15) is 0 Å². The highest BCUT2D eigenvalue weighted by atomic mass is 16.4. The second kappa shape index (κ2) is 10.9. The summed E-state index contributed by atoms with van der Waals surface area (Å²) in [5.74, 6) is -13.9. The lowest BCUT2D eigenvalue weighted by molar-refractivity contribution is 0.0619. The van der Waals surface area contributed by atoms with E-state index in [1.807, 2.05) is 0 Å². The monoisotopic (exact) mass is 508 g/mol. The van der Waals surface area contributed by atoms with Crippen LogP contribution in [0.5, 0.6) is 0 Å². The van der Waals surface area contributed by atoms with Gasteiger partial charge in [0.15, 0.2) is 0 Å². The van der Waals surface area contributed by atoms with Crippen LogP contribution in [0.3, 0.4) is 0 Å². The molecule has 0 aliphatic rings. The van der Waals surface area contributed by atoms with Crippen LogP contribution in [0.25, 0.3) is 0 Å². The molecule has 0 spiro atoms. The lowest BCUT2D eigenvalue weighted by atomic mass is 9.95. The van der Waals surface area contributed by atoms with E-state index in [1.54, 1.807) is 0 Å². The Hall–Kier alpha value is -5.80. The Morgan fingerprint density at radius 1 is 0.306 bits per heavy atom. The summed E-state index contributed by atoms with van der Waals surface area (Å²) >= 11 is 0. The van der Waals surface area contributed by atoms with Crippen LogP contribution in [0.4, 0.5) is 0 Å². The van der Waals surface area contributed by atoms with Crippen molar-refractivity contribution in [1.82, 2.24) is 0 Å². The van der Waals surface area contributed by atoms with Crippen LogP contribution in [0.15, 0.2) is 24.3 Å². The minimum Gasteiger partial charge on any atom is -0.478 e. The maximum atomic E-state index is 10.9. The first-order chi connectivity index (χ1) is 16.5. The second-order valence-electron chi connectivity index (χ2n) is 6.26. The Kier molecular flexibility index (Phi) is 8.53. The third kappa shape index (κ3) is 5.76. The summed E-state index contributed by atoms with van der Waals surface area (Å²) < 4.78 is 0. The Morgan fingerprint density at radius 2 is 0.444 bits per heavy atom. The van der Waals surface area contributed by atoms with Crippen molar-refractivity contribution in [3.63, 3.8) is 0 Å². The number of hydrogen-bond acceptors (Lipinski definition) is 8. The van der Waals surface area contributed by atoms with Gasteiger partial charge < -0.3 is 40.9 Å². The van der Waals surface area contributed by atoms with Gasteiger partial charge in [0.25, 0.3) is 0 Å². The molecular weight excluding hydrogens is 496 g/mol. The molecule has 0 bridgehead atoms. The molecule has 16 heteroatoms. The molecule has 0 fully saturated rings. The third-order valence-corrected chi connectivity index (χ3v) is 4.19. The summed E-state index contributed by atoms with van der Waals surface area (Å²) in [5, 5.41) is 70.3. The SMILES string of the molecule is O=C(O)c1ccc(C(=O)O)c(C(=O)O)c1C(=O)O.O=C(O)c1ccc(C(=O)O)c(C(=O)O)c1C(=O)O. The van der Waals surface area contributed by atoms with Crippen molar-refractivity contribution in [2.24, 2.45) is 0 Å². The summed E-state index contributed by atoms with van der Waals surface area (Å²) in [4.78, 5) is 86.7. The topological polar surface area (TPSA) is 298 Å². The standard InChI is InChI=1S/2C10H6O8/c2*11-7(12)3-1-2-4(8(13)14)6(10(17)18)5(3)9(15)16/h2*1-2H,(H,11,12)(H,13,14)(H,15,16)(H,17,18). The Morgan fingerprint density at radius 3 is 0.528 bits per heavy atom. The first-order valence-corrected chi connectivity index (χ1v) is 8.74. The van der Waals surface area contributed by atoms with Crippen LogP contribution < -0.4 is 0 Å². The van der Waals surface area contributed by atoms with Gasteiger partial charge in [-0.05, 0) is 24.3 Å². The summed E-state index contributed by atoms with van der Waals surface area (Å²) in [6, 6.07) is 2.95. The van der Waals surface area contributed by atoms with Crippen molar-refractivity contribution in [2.45, 2.75) is 0 Å². The molecule has 16 nitrogen and oxygen atoms in total. The van der Waals surface area contributed by atoms with Crippen molar-refractivity contribution in [3.05, 3.63) is 68.8 Å². The van der Waals surface area contributed by atoms with Crippen molar-refractivity contribution in [3.8, 4) is 0 Å². The Bertz CT molecular complexity index is 1140. The fourth-order valence-corrected chi connectivity index (χ4v) is 2.81. The summed E-state index contributed by atoms with van der Waals surface area (Å²) in [7, 11) is 0. The first kappa shape index (κ1) is 28.2. The molecule has 0 radical (unpaired) electrons. The fraction of sp³-hybridized carbons (Fsp3) is 0. The molecule has 2 aromatic rings. The van der Waals surface area contributed by atoms with Gasteiger partial charge in [-0.15, -0.1) is 0 Å².